The number of benzene rings is 1. The summed E-state index contributed by atoms with van der Waals surface area (Å²) in [5, 5.41) is 24.2. The van der Waals surface area contributed by atoms with Crippen LogP contribution in [0.25, 0.3) is 10.9 Å². The number of piperidine rings is 1. The lowest BCUT2D eigenvalue weighted by atomic mass is 9.96. The van der Waals surface area contributed by atoms with E-state index >= 15 is 0 Å². The summed E-state index contributed by atoms with van der Waals surface area (Å²) in [6.07, 6.45) is 2.19. The van der Waals surface area contributed by atoms with Gasteiger partial charge in [-0.05, 0) is 31.9 Å². The third-order valence-corrected chi connectivity index (χ3v) is 4.87. The molecule has 8 heteroatoms. The van der Waals surface area contributed by atoms with Crippen LogP contribution in [-0.2, 0) is 6.54 Å². The summed E-state index contributed by atoms with van der Waals surface area (Å²) < 4.78 is 6.50. The molecule has 0 spiro atoms. The lowest BCUT2D eigenvalue weighted by molar-refractivity contribution is 0.0539. The molecule has 0 bridgehead atoms. The van der Waals surface area contributed by atoms with Gasteiger partial charge in [0.2, 0.25) is 0 Å². The lowest BCUT2D eigenvalue weighted by Gasteiger charge is -2.30. The second-order valence-electron chi connectivity index (χ2n) is 6.37. The number of rotatable bonds is 5. The average molecular weight is 368 g/mol. The van der Waals surface area contributed by atoms with Crippen LogP contribution >= 0.6 is 11.6 Å². The molecule has 1 aliphatic heterocycles. The first kappa shape index (κ1) is 18.1. The highest BCUT2D eigenvalue weighted by Crippen LogP contribution is 2.27. The van der Waals surface area contributed by atoms with Gasteiger partial charge in [0.1, 0.15) is 5.75 Å². The van der Waals surface area contributed by atoms with E-state index in [1.807, 2.05) is 0 Å². The minimum Gasteiger partial charge on any atom is -0.495 e. The van der Waals surface area contributed by atoms with Crippen molar-refractivity contribution >= 4 is 22.5 Å². The van der Waals surface area contributed by atoms with Gasteiger partial charge in [0.05, 0.1) is 48.1 Å². The predicted octanol–water partition coefficient (Wildman–Crippen LogP) is 0.922. The van der Waals surface area contributed by atoms with Crippen molar-refractivity contribution in [1.29, 1.82) is 0 Å². The highest BCUT2D eigenvalue weighted by molar-refractivity contribution is 6.32. The van der Waals surface area contributed by atoms with Crippen LogP contribution in [0.15, 0.2) is 23.3 Å². The number of aromatic nitrogens is 2. The van der Waals surface area contributed by atoms with E-state index in [1.54, 1.807) is 6.07 Å². The molecule has 25 heavy (non-hydrogen) atoms. The van der Waals surface area contributed by atoms with Crippen molar-refractivity contribution in [3.8, 4) is 5.75 Å². The number of aliphatic hydroxyl groups is 2. The maximum absolute atomic E-state index is 12.6. The van der Waals surface area contributed by atoms with Crippen LogP contribution in [-0.4, -0.2) is 51.7 Å². The van der Waals surface area contributed by atoms with Gasteiger partial charge in [-0.15, -0.1) is 0 Å². The Morgan fingerprint density at radius 2 is 2.32 bits per heavy atom. The number of fused-ring (bicyclic) bond motifs is 1. The van der Waals surface area contributed by atoms with Crippen LogP contribution in [0.3, 0.4) is 0 Å². The van der Waals surface area contributed by atoms with Crippen molar-refractivity contribution in [3.63, 3.8) is 0 Å². The summed E-state index contributed by atoms with van der Waals surface area (Å²) in [7, 11) is 1.50. The third-order valence-electron chi connectivity index (χ3n) is 4.58. The fraction of sp³-hybridized carbons (Fsp3) is 0.529. The smallest absolute Gasteiger partial charge is 0.261 e. The van der Waals surface area contributed by atoms with E-state index in [0.29, 0.717) is 28.1 Å². The van der Waals surface area contributed by atoms with E-state index in [9.17, 15) is 15.0 Å². The standard InChI is InChI=1S/C17H22ClN3O4/c1-25-16-7-13-11(6-12(16)18)17(24)21(9-20-13)8-10(22)5-14-15(23)3-2-4-19-14/h6-7,9-10,14-15,19,22-23H,2-5,8H2,1H3/t10?,14-,15+/m1/s1. The second-order valence-corrected chi connectivity index (χ2v) is 6.77. The molecule has 3 atom stereocenters. The van der Waals surface area contributed by atoms with Gasteiger partial charge in [-0.1, -0.05) is 11.6 Å². The van der Waals surface area contributed by atoms with Gasteiger partial charge in [0, 0.05) is 12.1 Å². The number of hydrogen-bond donors (Lipinski definition) is 3. The Hall–Kier alpha value is -1.67. The molecule has 3 rings (SSSR count). The molecule has 0 saturated carbocycles. The second kappa shape index (κ2) is 7.70. The predicted molar refractivity (Wildman–Crippen MR) is 95.2 cm³/mol. The molecule has 1 unspecified atom stereocenters. The molecule has 0 aliphatic carbocycles. The van der Waals surface area contributed by atoms with E-state index in [0.717, 1.165) is 19.4 Å². The average Bonchev–Trinajstić information content (AvgIpc) is 2.59. The maximum Gasteiger partial charge on any atom is 0.261 e. The third kappa shape index (κ3) is 3.95. The highest BCUT2D eigenvalue weighted by Gasteiger charge is 2.25. The molecule has 1 aromatic carbocycles. The van der Waals surface area contributed by atoms with Crippen LogP contribution in [0, 0.1) is 0 Å². The van der Waals surface area contributed by atoms with Crippen LogP contribution in [0.5, 0.6) is 5.75 Å². The van der Waals surface area contributed by atoms with Crippen LogP contribution in [0.2, 0.25) is 5.02 Å². The molecule has 3 N–H and O–H groups in total. The Labute approximate surface area is 150 Å². The molecule has 1 aromatic heterocycles. The molecule has 7 nitrogen and oxygen atoms in total. The molecule has 1 fully saturated rings. The van der Waals surface area contributed by atoms with Crippen LogP contribution < -0.4 is 15.6 Å². The van der Waals surface area contributed by atoms with Crippen LogP contribution in [0.4, 0.5) is 0 Å². The molecule has 2 heterocycles. The molecule has 1 aliphatic rings. The Morgan fingerprint density at radius 1 is 1.52 bits per heavy atom. The lowest BCUT2D eigenvalue weighted by Crippen LogP contribution is -2.47. The molecule has 0 amide bonds. The molecule has 1 saturated heterocycles. The van der Waals surface area contributed by atoms with Crippen molar-refractivity contribution in [1.82, 2.24) is 14.9 Å². The summed E-state index contributed by atoms with van der Waals surface area (Å²) in [5.74, 6) is 0.455. The Morgan fingerprint density at radius 3 is 3.04 bits per heavy atom. The fourth-order valence-corrected chi connectivity index (χ4v) is 3.46. The monoisotopic (exact) mass is 367 g/mol. The largest absolute Gasteiger partial charge is 0.495 e. The van der Waals surface area contributed by atoms with E-state index < -0.39 is 12.2 Å². The van der Waals surface area contributed by atoms with Crippen LogP contribution in [0.1, 0.15) is 19.3 Å². The normalized spacial score (nSPS) is 22.1. The summed E-state index contributed by atoms with van der Waals surface area (Å²) in [4.78, 5) is 16.9. The quantitative estimate of drug-likeness (QED) is 0.727. The summed E-state index contributed by atoms with van der Waals surface area (Å²) in [5.41, 5.74) is 0.215. The molecule has 136 valence electrons. The number of halogens is 1. The van der Waals surface area contributed by atoms with Crippen molar-refractivity contribution in [3.05, 3.63) is 33.8 Å². The van der Waals surface area contributed by atoms with Gasteiger partial charge >= 0.3 is 0 Å². The Kier molecular flexibility index (Phi) is 5.58. The SMILES string of the molecule is COc1cc2ncn(CC(O)C[C@H]3NCCC[C@@H]3O)c(=O)c2cc1Cl. The number of hydrogen-bond acceptors (Lipinski definition) is 6. The van der Waals surface area contributed by atoms with Gasteiger partial charge in [0.25, 0.3) is 5.56 Å². The first-order valence-corrected chi connectivity index (χ1v) is 8.69. The Bertz CT molecular complexity index is 810. The number of nitrogens with one attached hydrogen (secondary N) is 1. The number of nitrogens with zero attached hydrogens (tertiary/aromatic N) is 2. The first-order valence-electron chi connectivity index (χ1n) is 8.31. The summed E-state index contributed by atoms with van der Waals surface area (Å²) in [6.45, 7) is 0.933. The zero-order chi connectivity index (χ0) is 18.0. The molecule has 0 radical (unpaired) electrons. The number of methoxy groups -OCH3 is 1. The summed E-state index contributed by atoms with van der Waals surface area (Å²) in [6, 6.07) is 2.98. The minimum atomic E-state index is -0.768. The van der Waals surface area contributed by atoms with Crippen molar-refractivity contribution in [2.45, 2.75) is 44.1 Å². The van der Waals surface area contributed by atoms with Crippen molar-refractivity contribution in [2.75, 3.05) is 13.7 Å². The van der Waals surface area contributed by atoms with E-state index in [-0.39, 0.29) is 18.1 Å². The maximum atomic E-state index is 12.6. The molecular weight excluding hydrogens is 346 g/mol. The highest BCUT2D eigenvalue weighted by atomic mass is 35.5. The zero-order valence-electron chi connectivity index (χ0n) is 14.0. The van der Waals surface area contributed by atoms with Gasteiger partial charge < -0.3 is 20.3 Å². The fourth-order valence-electron chi connectivity index (χ4n) is 3.22. The van der Waals surface area contributed by atoms with E-state index in [1.165, 1.54) is 24.1 Å². The minimum absolute atomic E-state index is 0.107. The number of ether oxygens (including phenoxy) is 1. The topological polar surface area (TPSA) is 96.6 Å². The summed E-state index contributed by atoms with van der Waals surface area (Å²) >= 11 is 6.09. The van der Waals surface area contributed by atoms with Gasteiger partial charge in [-0.3, -0.25) is 9.36 Å². The molecular formula is C17H22ClN3O4. The first-order chi connectivity index (χ1) is 12.0. The zero-order valence-corrected chi connectivity index (χ0v) is 14.7. The van der Waals surface area contributed by atoms with Crippen molar-refractivity contribution in [2.24, 2.45) is 0 Å². The molecule has 2 aromatic rings. The Balaban J connectivity index is 1.79. The van der Waals surface area contributed by atoms with Crippen molar-refractivity contribution < 1.29 is 14.9 Å². The van der Waals surface area contributed by atoms with E-state index in [4.69, 9.17) is 16.3 Å². The van der Waals surface area contributed by atoms with Gasteiger partial charge in [-0.25, -0.2) is 4.98 Å². The van der Waals surface area contributed by atoms with Gasteiger partial charge in [0.15, 0.2) is 0 Å². The van der Waals surface area contributed by atoms with E-state index in [2.05, 4.69) is 10.3 Å². The van der Waals surface area contributed by atoms with Gasteiger partial charge in [-0.2, -0.15) is 0 Å². The number of aliphatic hydroxyl groups excluding tert-OH is 2.